The van der Waals surface area contributed by atoms with Crippen LogP contribution in [0.25, 0.3) is 0 Å². The second-order valence-corrected chi connectivity index (χ2v) is 8.52. The van der Waals surface area contributed by atoms with Crippen molar-refractivity contribution >= 4 is 11.8 Å². The Hall–Kier alpha value is -1.58. The molecule has 0 aromatic carbocycles. The number of carbonyl (C=O) groups excluding carboxylic acids is 2. The Labute approximate surface area is 164 Å². The molecule has 3 rings (SSSR count). The summed E-state index contributed by atoms with van der Waals surface area (Å²) in [5.74, 6) is -0.192. The van der Waals surface area contributed by atoms with Gasteiger partial charge in [0.2, 0.25) is 11.8 Å². The van der Waals surface area contributed by atoms with Gasteiger partial charge in [-0.2, -0.15) is 0 Å². The molecular weight excluding hydrogens is 336 g/mol. The summed E-state index contributed by atoms with van der Waals surface area (Å²) in [5.41, 5.74) is 0. The van der Waals surface area contributed by atoms with Crippen LogP contribution in [0.1, 0.15) is 77.0 Å². The standard InChI is InChI=1S/C23H36N2O2/c1-2-17-24-22(26)20-15-9-10-16-21(20)23(27)25(18-11-5-3-6-12-18)19-13-7-4-8-14-19/h2,9-10,18-21H,1,3-8,11-17H2,(H,24,26)/t20-,21+/m1/s1. The largest absolute Gasteiger partial charge is 0.352 e. The number of nitrogens with zero attached hydrogens (tertiary/aromatic N) is 1. The van der Waals surface area contributed by atoms with Gasteiger partial charge in [0.15, 0.2) is 0 Å². The van der Waals surface area contributed by atoms with Crippen LogP contribution in [0.3, 0.4) is 0 Å². The highest BCUT2D eigenvalue weighted by Gasteiger charge is 2.41. The van der Waals surface area contributed by atoms with Crippen molar-refractivity contribution in [2.45, 2.75) is 89.1 Å². The molecule has 0 radical (unpaired) electrons. The first-order valence-corrected chi connectivity index (χ1v) is 11.1. The Morgan fingerprint density at radius 1 is 0.889 bits per heavy atom. The van der Waals surface area contributed by atoms with E-state index in [-0.39, 0.29) is 23.7 Å². The molecule has 0 bridgehead atoms. The molecule has 2 amide bonds. The van der Waals surface area contributed by atoms with Crippen LogP contribution in [-0.2, 0) is 9.59 Å². The van der Waals surface area contributed by atoms with Gasteiger partial charge >= 0.3 is 0 Å². The fourth-order valence-electron chi connectivity index (χ4n) is 5.25. The average molecular weight is 373 g/mol. The van der Waals surface area contributed by atoms with E-state index in [2.05, 4.69) is 28.9 Å². The van der Waals surface area contributed by atoms with Crippen molar-refractivity contribution in [2.75, 3.05) is 6.54 Å². The van der Waals surface area contributed by atoms with Gasteiger partial charge in [0, 0.05) is 18.6 Å². The third kappa shape index (κ3) is 5.03. The fourth-order valence-corrected chi connectivity index (χ4v) is 5.25. The van der Waals surface area contributed by atoms with Crippen molar-refractivity contribution in [3.63, 3.8) is 0 Å². The Bertz CT molecular complexity index is 527. The van der Waals surface area contributed by atoms with Gasteiger partial charge in [-0.1, -0.05) is 56.8 Å². The summed E-state index contributed by atoms with van der Waals surface area (Å²) in [6.45, 7) is 4.15. The predicted molar refractivity (Wildman–Crippen MR) is 109 cm³/mol. The number of hydrogen-bond donors (Lipinski definition) is 1. The summed E-state index contributed by atoms with van der Waals surface area (Å²) >= 11 is 0. The molecule has 1 N–H and O–H groups in total. The normalized spacial score (nSPS) is 27.1. The van der Waals surface area contributed by atoms with Crippen LogP contribution in [0.15, 0.2) is 24.8 Å². The monoisotopic (exact) mass is 372 g/mol. The Morgan fingerprint density at radius 3 is 1.93 bits per heavy atom. The topological polar surface area (TPSA) is 49.4 Å². The molecule has 0 heterocycles. The molecule has 4 heteroatoms. The quantitative estimate of drug-likeness (QED) is 0.704. The first kappa shape index (κ1) is 20.2. The van der Waals surface area contributed by atoms with E-state index in [0.717, 1.165) is 25.7 Å². The summed E-state index contributed by atoms with van der Waals surface area (Å²) < 4.78 is 0. The van der Waals surface area contributed by atoms with E-state index in [0.29, 0.717) is 31.5 Å². The van der Waals surface area contributed by atoms with Crippen molar-refractivity contribution in [3.05, 3.63) is 24.8 Å². The molecule has 0 aromatic rings. The molecule has 27 heavy (non-hydrogen) atoms. The van der Waals surface area contributed by atoms with E-state index in [1.165, 1.54) is 38.5 Å². The maximum Gasteiger partial charge on any atom is 0.227 e. The van der Waals surface area contributed by atoms with E-state index >= 15 is 0 Å². The Kier molecular flexibility index (Phi) is 7.54. The maximum absolute atomic E-state index is 13.8. The van der Waals surface area contributed by atoms with Crippen molar-refractivity contribution in [3.8, 4) is 0 Å². The van der Waals surface area contributed by atoms with Crippen LogP contribution in [0.2, 0.25) is 0 Å². The molecule has 2 fully saturated rings. The molecule has 0 unspecified atom stereocenters. The van der Waals surface area contributed by atoms with Crippen LogP contribution in [-0.4, -0.2) is 35.3 Å². The smallest absolute Gasteiger partial charge is 0.227 e. The highest BCUT2D eigenvalue weighted by Crippen LogP contribution is 2.35. The van der Waals surface area contributed by atoms with Gasteiger partial charge in [0.25, 0.3) is 0 Å². The van der Waals surface area contributed by atoms with Crippen molar-refractivity contribution < 1.29 is 9.59 Å². The van der Waals surface area contributed by atoms with E-state index in [1.807, 2.05) is 0 Å². The van der Waals surface area contributed by atoms with Crippen LogP contribution in [0.5, 0.6) is 0 Å². The molecule has 2 saturated carbocycles. The molecule has 150 valence electrons. The van der Waals surface area contributed by atoms with E-state index in [4.69, 9.17) is 0 Å². The zero-order chi connectivity index (χ0) is 19.1. The molecule has 0 spiro atoms. The minimum Gasteiger partial charge on any atom is -0.352 e. The lowest BCUT2D eigenvalue weighted by Gasteiger charge is -2.44. The molecule has 0 aromatic heterocycles. The van der Waals surface area contributed by atoms with Gasteiger partial charge < -0.3 is 10.2 Å². The van der Waals surface area contributed by atoms with Crippen LogP contribution < -0.4 is 5.32 Å². The van der Waals surface area contributed by atoms with Crippen LogP contribution >= 0.6 is 0 Å². The minimum absolute atomic E-state index is 0.00448. The van der Waals surface area contributed by atoms with Gasteiger partial charge in [-0.25, -0.2) is 0 Å². The SMILES string of the molecule is C=CCNC(=O)[C@@H]1CC=CC[C@@H]1C(=O)N(C1CCCCC1)C1CCCCC1. The number of amides is 2. The molecule has 4 nitrogen and oxygen atoms in total. The summed E-state index contributed by atoms with van der Waals surface area (Å²) in [6.07, 6.45) is 19.3. The fraction of sp³-hybridized carbons (Fsp3) is 0.739. The summed E-state index contributed by atoms with van der Waals surface area (Å²) in [5, 5.41) is 2.92. The second kappa shape index (κ2) is 10.1. The second-order valence-electron chi connectivity index (χ2n) is 8.52. The maximum atomic E-state index is 13.8. The van der Waals surface area contributed by atoms with Crippen molar-refractivity contribution in [2.24, 2.45) is 11.8 Å². The summed E-state index contributed by atoms with van der Waals surface area (Å²) in [6, 6.07) is 0.772. The molecule has 0 aliphatic heterocycles. The lowest BCUT2D eigenvalue weighted by atomic mass is 9.79. The first-order valence-electron chi connectivity index (χ1n) is 11.1. The van der Waals surface area contributed by atoms with Crippen LogP contribution in [0.4, 0.5) is 0 Å². The number of allylic oxidation sites excluding steroid dienone is 2. The highest BCUT2D eigenvalue weighted by molar-refractivity contribution is 5.88. The zero-order valence-corrected chi connectivity index (χ0v) is 16.7. The van der Waals surface area contributed by atoms with Crippen molar-refractivity contribution in [1.82, 2.24) is 10.2 Å². The van der Waals surface area contributed by atoms with Gasteiger partial charge in [-0.3, -0.25) is 9.59 Å². The predicted octanol–water partition coefficient (Wildman–Crippen LogP) is 4.37. The number of nitrogens with one attached hydrogen (secondary N) is 1. The first-order chi connectivity index (χ1) is 13.2. The van der Waals surface area contributed by atoms with Gasteiger partial charge in [-0.05, 0) is 38.5 Å². The van der Waals surface area contributed by atoms with Crippen LogP contribution in [0, 0.1) is 11.8 Å². The third-order valence-electron chi connectivity index (χ3n) is 6.70. The molecule has 2 atom stereocenters. The molecule has 3 aliphatic carbocycles. The Balaban J connectivity index is 1.78. The van der Waals surface area contributed by atoms with Gasteiger partial charge in [-0.15, -0.1) is 6.58 Å². The highest BCUT2D eigenvalue weighted by atomic mass is 16.2. The summed E-state index contributed by atoms with van der Waals surface area (Å²) in [4.78, 5) is 28.7. The Morgan fingerprint density at radius 2 is 1.41 bits per heavy atom. The van der Waals surface area contributed by atoms with Gasteiger partial charge in [0.05, 0.1) is 11.8 Å². The molecular formula is C23H36N2O2. The molecule has 3 aliphatic rings. The van der Waals surface area contributed by atoms with Gasteiger partial charge in [0.1, 0.15) is 0 Å². The summed E-state index contributed by atoms with van der Waals surface area (Å²) in [7, 11) is 0. The lowest BCUT2D eigenvalue weighted by Crippen LogP contribution is -2.53. The minimum atomic E-state index is -0.239. The van der Waals surface area contributed by atoms with E-state index in [9.17, 15) is 9.59 Å². The number of carbonyl (C=O) groups is 2. The van der Waals surface area contributed by atoms with E-state index in [1.54, 1.807) is 6.08 Å². The van der Waals surface area contributed by atoms with Crippen molar-refractivity contribution in [1.29, 1.82) is 0 Å². The number of rotatable bonds is 6. The molecule has 0 saturated heterocycles. The van der Waals surface area contributed by atoms with E-state index < -0.39 is 0 Å². The zero-order valence-electron chi connectivity index (χ0n) is 16.7. The number of hydrogen-bond acceptors (Lipinski definition) is 2. The lowest BCUT2D eigenvalue weighted by molar-refractivity contribution is -0.147. The average Bonchev–Trinajstić information content (AvgIpc) is 2.73. The third-order valence-corrected chi connectivity index (χ3v) is 6.70.